The Hall–Kier alpha value is -1.79. The van der Waals surface area contributed by atoms with Crippen molar-refractivity contribution in [3.63, 3.8) is 0 Å². The number of hydrogen-bond acceptors (Lipinski definition) is 2. The van der Waals surface area contributed by atoms with Gasteiger partial charge in [-0.05, 0) is 11.6 Å². The molecule has 0 amide bonds. The predicted molar refractivity (Wildman–Crippen MR) is 54.2 cm³/mol. The quantitative estimate of drug-likeness (QED) is 0.852. The first kappa shape index (κ1) is 14.3. The molecule has 0 aliphatic rings. The van der Waals surface area contributed by atoms with Crippen molar-refractivity contribution >= 4 is 5.97 Å². The van der Waals surface area contributed by atoms with Crippen LogP contribution < -0.4 is 4.74 Å². The van der Waals surface area contributed by atoms with E-state index in [0.717, 1.165) is 0 Å². The summed E-state index contributed by atoms with van der Waals surface area (Å²) in [7, 11) is 1.20. The Labute approximate surface area is 100.0 Å². The van der Waals surface area contributed by atoms with Gasteiger partial charge in [0.25, 0.3) is 0 Å². The minimum absolute atomic E-state index is 0.00465. The summed E-state index contributed by atoms with van der Waals surface area (Å²) in [4.78, 5) is 10.5. The van der Waals surface area contributed by atoms with Crippen LogP contribution in [0.2, 0.25) is 0 Å². The van der Waals surface area contributed by atoms with Gasteiger partial charge in [-0.3, -0.25) is 0 Å². The molecule has 18 heavy (non-hydrogen) atoms. The maximum atomic E-state index is 13.6. The van der Waals surface area contributed by atoms with Crippen LogP contribution >= 0.6 is 0 Å². The molecule has 1 rings (SSSR count). The molecule has 0 saturated carbocycles. The number of para-hydroxylation sites is 1. The highest BCUT2D eigenvalue weighted by molar-refractivity contribution is 5.79. The van der Waals surface area contributed by atoms with Crippen LogP contribution in [0.3, 0.4) is 0 Å². The molecule has 0 fully saturated rings. The standard InChI is InChI=1S/C11H10F4O3/c1-18-8-5-3-2-4-7(8)6-10(12,9(16)17)11(13,14)15/h2-5H,6H2,1H3,(H,16,17). The van der Waals surface area contributed by atoms with E-state index in [1.54, 1.807) is 0 Å². The van der Waals surface area contributed by atoms with E-state index in [4.69, 9.17) is 9.84 Å². The number of carboxylic acids is 1. The van der Waals surface area contributed by atoms with E-state index in [0.29, 0.717) is 0 Å². The molecule has 1 aromatic rings. The third-order valence-corrected chi connectivity index (χ3v) is 2.41. The van der Waals surface area contributed by atoms with Gasteiger partial charge in [-0.2, -0.15) is 13.2 Å². The van der Waals surface area contributed by atoms with Crippen molar-refractivity contribution in [2.45, 2.75) is 18.3 Å². The molecule has 3 nitrogen and oxygen atoms in total. The molecule has 0 aliphatic heterocycles. The fourth-order valence-corrected chi connectivity index (χ4v) is 1.41. The van der Waals surface area contributed by atoms with Gasteiger partial charge in [-0.1, -0.05) is 18.2 Å². The van der Waals surface area contributed by atoms with Crippen molar-refractivity contribution in [1.29, 1.82) is 0 Å². The number of ether oxygens (including phenoxy) is 1. The van der Waals surface area contributed by atoms with E-state index in [9.17, 15) is 22.4 Å². The Balaban J connectivity index is 3.17. The molecule has 0 radical (unpaired) electrons. The molecular weight excluding hydrogens is 256 g/mol. The van der Waals surface area contributed by atoms with Gasteiger partial charge in [-0.25, -0.2) is 9.18 Å². The summed E-state index contributed by atoms with van der Waals surface area (Å²) in [6.07, 6.45) is -6.84. The smallest absolute Gasteiger partial charge is 0.433 e. The summed E-state index contributed by atoms with van der Waals surface area (Å²) in [5.74, 6) is -2.56. The summed E-state index contributed by atoms with van der Waals surface area (Å²) in [5, 5.41) is 8.46. The Kier molecular flexibility index (Phi) is 3.83. The lowest BCUT2D eigenvalue weighted by atomic mass is 9.95. The fourth-order valence-electron chi connectivity index (χ4n) is 1.41. The topological polar surface area (TPSA) is 46.5 Å². The minimum atomic E-state index is -5.50. The van der Waals surface area contributed by atoms with Crippen LogP contribution in [-0.2, 0) is 11.2 Å². The van der Waals surface area contributed by atoms with E-state index < -0.39 is 24.2 Å². The number of alkyl halides is 4. The average Bonchev–Trinajstić information content (AvgIpc) is 2.27. The average molecular weight is 266 g/mol. The van der Waals surface area contributed by atoms with Gasteiger partial charge in [0.2, 0.25) is 0 Å². The van der Waals surface area contributed by atoms with Crippen LogP contribution in [0, 0.1) is 0 Å². The maximum Gasteiger partial charge on any atom is 0.433 e. The largest absolute Gasteiger partial charge is 0.496 e. The van der Waals surface area contributed by atoms with Gasteiger partial charge in [-0.15, -0.1) is 0 Å². The van der Waals surface area contributed by atoms with E-state index >= 15 is 0 Å². The second kappa shape index (κ2) is 4.83. The number of carboxylic acid groups (broad SMARTS) is 1. The number of benzene rings is 1. The molecule has 1 aromatic carbocycles. The summed E-state index contributed by atoms with van der Waals surface area (Å²) in [6.45, 7) is 0. The lowest BCUT2D eigenvalue weighted by Crippen LogP contribution is -2.49. The van der Waals surface area contributed by atoms with Crippen molar-refractivity contribution in [2.24, 2.45) is 0 Å². The van der Waals surface area contributed by atoms with Gasteiger partial charge in [0, 0.05) is 6.42 Å². The van der Waals surface area contributed by atoms with Crippen LogP contribution in [0.25, 0.3) is 0 Å². The van der Waals surface area contributed by atoms with Gasteiger partial charge in [0.1, 0.15) is 5.75 Å². The number of hydrogen-bond donors (Lipinski definition) is 1. The van der Waals surface area contributed by atoms with E-state index in [1.165, 1.54) is 31.4 Å². The molecule has 1 N–H and O–H groups in total. The monoisotopic (exact) mass is 266 g/mol. The van der Waals surface area contributed by atoms with Crippen molar-refractivity contribution in [1.82, 2.24) is 0 Å². The number of aliphatic carboxylic acids is 1. The van der Waals surface area contributed by atoms with Gasteiger partial charge < -0.3 is 9.84 Å². The Bertz CT molecular complexity index is 444. The second-order valence-corrected chi connectivity index (χ2v) is 3.59. The van der Waals surface area contributed by atoms with E-state index in [2.05, 4.69) is 0 Å². The zero-order chi connectivity index (χ0) is 14.0. The molecule has 1 atom stereocenters. The first-order valence-corrected chi connectivity index (χ1v) is 4.83. The third-order valence-electron chi connectivity index (χ3n) is 2.41. The molecule has 0 saturated heterocycles. The number of methoxy groups -OCH3 is 1. The minimum Gasteiger partial charge on any atom is -0.496 e. The Morgan fingerprint density at radius 1 is 1.28 bits per heavy atom. The number of rotatable bonds is 4. The lowest BCUT2D eigenvalue weighted by Gasteiger charge is -2.24. The molecule has 0 bridgehead atoms. The van der Waals surface area contributed by atoms with Crippen LogP contribution in [0.15, 0.2) is 24.3 Å². The Morgan fingerprint density at radius 3 is 2.28 bits per heavy atom. The van der Waals surface area contributed by atoms with Crippen LogP contribution in [-0.4, -0.2) is 30.0 Å². The highest BCUT2D eigenvalue weighted by Crippen LogP contribution is 2.38. The first-order valence-electron chi connectivity index (χ1n) is 4.83. The van der Waals surface area contributed by atoms with E-state index in [-0.39, 0.29) is 11.3 Å². The molecule has 0 aromatic heterocycles. The predicted octanol–water partition coefficient (Wildman–Crippen LogP) is 2.59. The molecular formula is C11H10F4O3. The fraction of sp³-hybridized carbons (Fsp3) is 0.364. The lowest BCUT2D eigenvalue weighted by molar-refractivity contribution is -0.235. The number of carbonyl (C=O) groups is 1. The summed E-state index contributed by atoms with van der Waals surface area (Å²) in [5.41, 5.74) is -4.50. The van der Waals surface area contributed by atoms with Crippen molar-refractivity contribution in [3.05, 3.63) is 29.8 Å². The van der Waals surface area contributed by atoms with E-state index in [1.807, 2.05) is 0 Å². The molecule has 1 unspecified atom stereocenters. The molecule has 0 heterocycles. The van der Waals surface area contributed by atoms with Gasteiger partial charge in [0.05, 0.1) is 7.11 Å². The zero-order valence-corrected chi connectivity index (χ0v) is 9.29. The summed E-state index contributed by atoms with van der Waals surface area (Å²) < 4.78 is 55.8. The van der Waals surface area contributed by atoms with Crippen molar-refractivity contribution < 1.29 is 32.2 Å². The maximum absolute atomic E-state index is 13.6. The number of halogens is 4. The summed E-state index contributed by atoms with van der Waals surface area (Å²) >= 11 is 0. The first-order chi connectivity index (χ1) is 8.22. The molecule has 0 spiro atoms. The summed E-state index contributed by atoms with van der Waals surface area (Å²) in [6, 6.07) is 5.36. The van der Waals surface area contributed by atoms with Crippen LogP contribution in [0.4, 0.5) is 17.6 Å². The van der Waals surface area contributed by atoms with Crippen LogP contribution in [0.1, 0.15) is 5.56 Å². The zero-order valence-electron chi connectivity index (χ0n) is 9.29. The van der Waals surface area contributed by atoms with Gasteiger partial charge in [0.15, 0.2) is 0 Å². The molecule has 0 aliphatic carbocycles. The second-order valence-electron chi connectivity index (χ2n) is 3.59. The van der Waals surface area contributed by atoms with Crippen LogP contribution in [0.5, 0.6) is 5.75 Å². The SMILES string of the molecule is COc1ccccc1CC(F)(C(=O)O)C(F)(F)F. The highest BCUT2D eigenvalue weighted by atomic mass is 19.4. The van der Waals surface area contributed by atoms with Crippen molar-refractivity contribution in [2.75, 3.05) is 7.11 Å². The normalized spacial score (nSPS) is 14.9. The van der Waals surface area contributed by atoms with Crippen molar-refractivity contribution in [3.8, 4) is 5.75 Å². The van der Waals surface area contributed by atoms with Gasteiger partial charge >= 0.3 is 17.8 Å². The Morgan fingerprint density at radius 2 is 1.83 bits per heavy atom. The third kappa shape index (κ3) is 2.55. The highest BCUT2D eigenvalue weighted by Gasteiger charge is 2.62. The molecule has 7 heteroatoms. The molecule has 100 valence electrons.